The minimum absolute atomic E-state index is 0.122. The Labute approximate surface area is 90.8 Å². The minimum Gasteiger partial charge on any atom is -0.299 e. The lowest BCUT2D eigenvalue weighted by atomic mass is 9.99. The van der Waals surface area contributed by atoms with Gasteiger partial charge >= 0.3 is 0 Å². The number of hydrogen-bond acceptors (Lipinski definition) is 4. The second-order valence-electron chi connectivity index (χ2n) is 4.17. The molecule has 0 rings (SSSR count). The first-order valence-corrected chi connectivity index (χ1v) is 5.92. The van der Waals surface area contributed by atoms with E-state index in [9.17, 15) is 13.2 Å². The van der Waals surface area contributed by atoms with Gasteiger partial charge in [-0.2, -0.15) is 8.42 Å². The summed E-state index contributed by atoms with van der Waals surface area (Å²) < 4.78 is 27.2. The summed E-state index contributed by atoms with van der Waals surface area (Å²) in [5, 5.41) is 0.915. The van der Waals surface area contributed by atoms with Crippen LogP contribution >= 0.6 is 0 Å². The van der Waals surface area contributed by atoms with Crippen molar-refractivity contribution in [2.75, 3.05) is 6.61 Å². The van der Waals surface area contributed by atoms with Crippen LogP contribution < -0.4 is 0 Å². The number of aldehydes is 1. The van der Waals surface area contributed by atoms with Crippen LogP contribution in [-0.4, -0.2) is 21.3 Å². The molecule has 0 fully saturated rings. The maximum Gasteiger partial charge on any atom is 0.290 e. The second kappa shape index (κ2) is 5.82. The van der Waals surface area contributed by atoms with Crippen molar-refractivity contribution in [1.82, 2.24) is 0 Å². The second-order valence-corrected chi connectivity index (χ2v) is 5.66. The summed E-state index contributed by atoms with van der Waals surface area (Å²) in [5.74, 6) is 0. The van der Waals surface area contributed by atoms with Gasteiger partial charge in [0.15, 0.2) is 0 Å². The van der Waals surface area contributed by atoms with Gasteiger partial charge in [-0.25, -0.2) is 0 Å². The van der Waals surface area contributed by atoms with E-state index in [-0.39, 0.29) is 12.0 Å². The molecule has 0 atom stereocenters. The summed E-state index contributed by atoms with van der Waals surface area (Å²) in [5.41, 5.74) is -0.209. The molecule has 0 aliphatic carbocycles. The van der Waals surface area contributed by atoms with Gasteiger partial charge < -0.3 is 0 Å². The average molecular weight is 232 g/mol. The number of hydrogen-bond donors (Lipinski definition) is 0. The van der Waals surface area contributed by atoms with Crippen LogP contribution in [0.2, 0.25) is 0 Å². The van der Waals surface area contributed by atoms with E-state index in [0.717, 1.165) is 5.41 Å². The zero-order chi connectivity index (χ0) is 11.9. The van der Waals surface area contributed by atoms with Gasteiger partial charge in [-0.05, 0) is 17.6 Å². The fourth-order valence-corrected chi connectivity index (χ4v) is 1.43. The van der Waals surface area contributed by atoms with Crippen molar-refractivity contribution in [3.8, 4) is 0 Å². The molecular formula is C10H16O4S. The van der Waals surface area contributed by atoms with Gasteiger partial charge in [0.05, 0.1) is 12.0 Å². The zero-order valence-electron chi connectivity index (χ0n) is 9.14. The van der Waals surface area contributed by atoms with Crippen LogP contribution in [0.4, 0.5) is 0 Å². The molecule has 0 saturated carbocycles. The maximum atomic E-state index is 11.2. The van der Waals surface area contributed by atoms with Crippen molar-refractivity contribution in [3.63, 3.8) is 0 Å². The van der Waals surface area contributed by atoms with Crippen LogP contribution in [0.15, 0.2) is 23.6 Å². The lowest BCUT2D eigenvalue weighted by molar-refractivity contribution is -0.104. The summed E-state index contributed by atoms with van der Waals surface area (Å²) >= 11 is 0. The van der Waals surface area contributed by atoms with Crippen LogP contribution in [0.1, 0.15) is 20.8 Å². The highest BCUT2D eigenvalue weighted by Gasteiger charge is 2.15. The van der Waals surface area contributed by atoms with E-state index >= 15 is 0 Å². The maximum absolute atomic E-state index is 11.2. The van der Waals surface area contributed by atoms with E-state index in [1.165, 1.54) is 18.2 Å². The Bertz CT molecular complexity index is 344. The van der Waals surface area contributed by atoms with Gasteiger partial charge in [0.1, 0.15) is 6.29 Å². The summed E-state index contributed by atoms with van der Waals surface area (Å²) in [6.45, 7) is 5.74. The molecular weight excluding hydrogens is 216 g/mol. The molecule has 0 heterocycles. The van der Waals surface area contributed by atoms with Gasteiger partial charge in [-0.3, -0.25) is 8.98 Å². The molecule has 0 saturated heterocycles. The van der Waals surface area contributed by atoms with Gasteiger partial charge in [0.2, 0.25) is 0 Å². The summed E-state index contributed by atoms with van der Waals surface area (Å²) in [7, 11) is -3.64. The molecule has 0 N–H and O–H groups in total. The molecule has 0 unspecified atom stereocenters. The Kier molecular flexibility index (Phi) is 5.46. The molecule has 0 bridgehead atoms. The third kappa shape index (κ3) is 9.37. The predicted octanol–water partition coefficient (Wildman–Crippen LogP) is 1.65. The highest BCUT2D eigenvalue weighted by atomic mass is 32.2. The van der Waals surface area contributed by atoms with Crippen LogP contribution in [0.3, 0.4) is 0 Å². The lowest BCUT2D eigenvalue weighted by Crippen LogP contribution is -2.17. The van der Waals surface area contributed by atoms with Crippen molar-refractivity contribution in [1.29, 1.82) is 0 Å². The highest BCUT2D eigenvalue weighted by Crippen LogP contribution is 2.14. The quantitative estimate of drug-likeness (QED) is 0.313. The number of carbonyl (C=O) groups is 1. The molecule has 0 amide bonds. The normalized spacial score (nSPS) is 13.8. The summed E-state index contributed by atoms with van der Waals surface area (Å²) in [6, 6.07) is 0. The standard InChI is InChI=1S/C10H16O4S/c1-10(2,3)9-14-15(12,13)8-6-4-5-7-11/h4-8H,9H2,1-3H3/b5-4-,8-6+. The Hall–Kier alpha value is -0.940. The van der Waals surface area contributed by atoms with Crippen LogP contribution in [0.25, 0.3) is 0 Å². The van der Waals surface area contributed by atoms with Crippen molar-refractivity contribution in [2.45, 2.75) is 20.8 Å². The van der Waals surface area contributed by atoms with Crippen molar-refractivity contribution in [3.05, 3.63) is 23.6 Å². The van der Waals surface area contributed by atoms with Gasteiger partial charge in [0.25, 0.3) is 10.1 Å². The van der Waals surface area contributed by atoms with Crippen molar-refractivity contribution < 1.29 is 17.4 Å². The molecule has 0 aromatic heterocycles. The third-order valence-electron chi connectivity index (χ3n) is 1.20. The van der Waals surface area contributed by atoms with Crippen molar-refractivity contribution >= 4 is 16.4 Å². The zero-order valence-corrected chi connectivity index (χ0v) is 9.95. The molecule has 4 nitrogen and oxygen atoms in total. The number of rotatable bonds is 5. The fourth-order valence-electron chi connectivity index (χ4n) is 0.549. The smallest absolute Gasteiger partial charge is 0.290 e. The Morgan fingerprint density at radius 3 is 2.20 bits per heavy atom. The van der Waals surface area contributed by atoms with E-state index in [1.807, 2.05) is 20.8 Å². The summed E-state index contributed by atoms with van der Waals surface area (Å²) in [6.07, 6.45) is 4.32. The largest absolute Gasteiger partial charge is 0.299 e. The Morgan fingerprint density at radius 2 is 1.73 bits per heavy atom. The first-order chi connectivity index (χ1) is 6.77. The number of allylic oxidation sites excluding steroid dienone is 3. The fraction of sp³-hybridized carbons (Fsp3) is 0.500. The SMILES string of the molecule is CC(C)(C)COS(=O)(=O)/C=C/C=C\C=O. The molecule has 0 radical (unpaired) electrons. The monoisotopic (exact) mass is 232 g/mol. The predicted molar refractivity (Wildman–Crippen MR) is 58.7 cm³/mol. The third-order valence-corrected chi connectivity index (χ3v) is 2.14. The minimum atomic E-state index is -3.64. The average Bonchev–Trinajstić information content (AvgIpc) is 2.09. The molecule has 0 aromatic carbocycles. The molecule has 0 spiro atoms. The first kappa shape index (κ1) is 14.1. The van der Waals surface area contributed by atoms with E-state index in [2.05, 4.69) is 0 Å². The topological polar surface area (TPSA) is 60.4 Å². The van der Waals surface area contributed by atoms with Gasteiger partial charge in [-0.1, -0.05) is 26.8 Å². The van der Waals surface area contributed by atoms with Gasteiger partial charge in [-0.15, -0.1) is 0 Å². The van der Waals surface area contributed by atoms with E-state index < -0.39 is 10.1 Å². The molecule has 86 valence electrons. The number of carbonyl (C=O) groups excluding carboxylic acids is 1. The molecule has 0 aliphatic heterocycles. The van der Waals surface area contributed by atoms with Crippen molar-refractivity contribution in [2.24, 2.45) is 5.41 Å². The van der Waals surface area contributed by atoms with Gasteiger partial charge in [0, 0.05) is 0 Å². The van der Waals surface area contributed by atoms with Crippen LogP contribution in [0.5, 0.6) is 0 Å². The molecule has 5 heteroatoms. The van der Waals surface area contributed by atoms with E-state index in [0.29, 0.717) is 6.29 Å². The molecule has 0 aromatic rings. The molecule has 0 aliphatic rings. The van der Waals surface area contributed by atoms with E-state index in [4.69, 9.17) is 4.18 Å². The molecule has 15 heavy (non-hydrogen) atoms. The lowest BCUT2D eigenvalue weighted by Gasteiger charge is -2.16. The first-order valence-electron chi connectivity index (χ1n) is 4.45. The van der Waals surface area contributed by atoms with E-state index in [1.54, 1.807) is 0 Å². The Balaban J connectivity index is 4.26. The summed E-state index contributed by atoms with van der Waals surface area (Å²) in [4.78, 5) is 9.89. The van der Waals surface area contributed by atoms with Crippen LogP contribution in [0, 0.1) is 5.41 Å². The Morgan fingerprint density at radius 1 is 1.13 bits per heavy atom. The van der Waals surface area contributed by atoms with Crippen LogP contribution in [-0.2, 0) is 19.1 Å². The highest BCUT2D eigenvalue weighted by molar-refractivity contribution is 7.89.